The molecule has 2 amide bonds. The highest BCUT2D eigenvalue weighted by atomic mass is 32.2. The van der Waals surface area contributed by atoms with Crippen LogP contribution in [0.3, 0.4) is 0 Å². The van der Waals surface area contributed by atoms with Crippen molar-refractivity contribution in [3.63, 3.8) is 0 Å². The van der Waals surface area contributed by atoms with E-state index in [-0.39, 0.29) is 12.3 Å². The van der Waals surface area contributed by atoms with E-state index < -0.39 is 6.03 Å². The van der Waals surface area contributed by atoms with Crippen molar-refractivity contribution >= 4 is 29.1 Å². The van der Waals surface area contributed by atoms with Gasteiger partial charge in [0.05, 0.1) is 6.54 Å². The summed E-state index contributed by atoms with van der Waals surface area (Å²) in [4.78, 5) is 13.5. The minimum absolute atomic E-state index is 0.0629. The Hall–Kier alpha value is -1.70. The summed E-state index contributed by atoms with van der Waals surface area (Å²) in [5.41, 5.74) is 4.98. The molecule has 0 radical (unpaired) electrons. The van der Waals surface area contributed by atoms with E-state index in [0.29, 0.717) is 5.06 Å². The number of hydroxylamine groups is 2. The molecule has 4 N–H and O–H groups in total. The lowest BCUT2D eigenvalue weighted by Gasteiger charge is -2.11. The smallest absolute Gasteiger partial charge is 0.338 e. The molecule has 5 nitrogen and oxygen atoms in total. The molecule has 19 heavy (non-hydrogen) atoms. The topological polar surface area (TPSA) is 86.8 Å². The van der Waals surface area contributed by atoms with E-state index in [1.807, 2.05) is 11.4 Å². The molecule has 7 heteroatoms. The van der Waals surface area contributed by atoms with E-state index in [4.69, 9.17) is 5.73 Å². The maximum absolute atomic E-state index is 10.8. The molecule has 2 rings (SSSR count). The number of carbonyl (C=O) groups excluding carboxylic acids is 1. The van der Waals surface area contributed by atoms with Crippen molar-refractivity contribution in [3.05, 3.63) is 40.6 Å². The van der Waals surface area contributed by atoms with Gasteiger partial charge in [-0.15, -0.1) is 11.3 Å². The summed E-state index contributed by atoms with van der Waals surface area (Å²) in [6.07, 6.45) is 0. The van der Waals surface area contributed by atoms with E-state index in [9.17, 15) is 15.1 Å². The molecule has 0 unspecified atom stereocenters. The Morgan fingerprint density at radius 2 is 2.00 bits per heavy atom. The highest BCUT2D eigenvalue weighted by Gasteiger charge is 2.12. The first kappa shape index (κ1) is 13.7. The molecule has 1 heterocycles. The number of phenolic OH excluding ortho intramolecular Hbond substituents is 1. The number of hydrogen-bond acceptors (Lipinski definition) is 5. The molecule has 0 aliphatic heterocycles. The molecule has 0 bridgehead atoms. The lowest BCUT2D eigenvalue weighted by molar-refractivity contribution is -0.0467. The lowest BCUT2D eigenvalue weighted by Crippen LogP contribution is -2.31. The van der Waals surface area contributed by atoms with Crippen molar-refractivity contribution in [2.45, 2.75) is 16.3 Å². The van der Waals surface area contributed by atoms with Crippen LogP contribution in [0, 0.1) is 0 Å². The quantitative estimate of drug-likeness (QED) is 0.598. The Balaban J connectivity index is 2.11. The highest BCUT2D eigenvalue weighted by molar-refractivity contribution is 7.99. The van der Waals surface area contributed by atoms with Gasteiger partial charge in [-0.2, -0.15) is 0 Å². The van der Waals surface area contributed by atoms with Gasteiger partial charge in [0, 0.05) is 14.7 Å². The summed E-state index contributed by atoms with van der Waals surface area (Å²) in [6.45, 7) is 0.0629. The van der Waals surface area contributed by atoms with E-state index in [0.717, 1.165) is 14.7 Å². The van der Waals surface area contributed by atoms with Crippen LogP contribution < -0.4 is 5.73 Å². The van der Waals surface area contributed by atoms with Gasteiger partial charge < -0.3 is 10.8 Å². The zero-order valence-corrected chi connectivity index (χ0v) is 11.4. The van der Waals surface area contributed by atoms with E-state index >= 15 is 0 Å². The first-order valence-corrected chi connectivity index (χ1v) is 7.05. The van der Waals surface area contributed by atoms with Crippen LogP contribution in [0.15, 0.2) is 45.5 Å². The van der Waals surface area contributed by atoms with Crippen LogP contribution in [0.1, 0.15) is 4.88 Å². The molecule has 2 aromatic rings. The molecule has 1 aromatic heterocycles. The third kappa shape index (κ3) is 3.63. The number of primary amides is 1. The predicted octanol–water partition coefficient (Wildman–Crippen LogP) is 2.87. The lowest BCUT2D eigenvalue weighted by atomic mass is 10.3. The average molecular weight is 296 g/mol. The van der Waals surface area contributed by atoms with Crippen LogP contribution in [0.4, 0.5) is 4.79 Å². The number of phenols is 1. The largest absolute Gasteiger partial charge is 0.508 e. The van der Waals surface area contributed by atoms with Gasteiger partial charge in [-0.05, 0) is 35.7 Å². The predicted molar refractivity (Wildman–Crippen MR) is 73.5 cm³/mol. The van der Waals surface area contributed by atoms with Crippen LogP contribution in [0.2, 0.25) is 0 Å². The van der Waals surface area contributed by atoms with Crippen LogP contribution in [-0.4, -0.2) is 21.4 Å². The second-order valence-electron chi connectivity index (χ2n) is 3.70. The third-order valence-electron chi connectivity index (χ3n) is 2.32. The van der Waals surface area contributed by atoms with Crippen molar-refractivity contribution in [1.29, 1.82) is 0 Å². The van der Waals surface area contributed by atoms with Gasteiger partial charge in [-0.3, -0.25) is 5.21 Å². The second-order valence-corrected chi connectivity index (χ2v) is 5.82. The minimum atomic E-state index is -0.881. The van der Waals surface area contributed by atoms with Crippen LogP contribution in [-0.2, 0) is 6.54 Å². The van der Waals surface area contributed by atoms with Gasteiger partial charge in [-0.25, -0.2) is 9.86 Å². The molecule has 0 spiro atoms. The van der Waals surface area contributed by atoms with Gasteiger partial charge in [-0.1, -0.05) is 11.8 Å². The molecule has 0 saturated heterocycles. The third-order valence-corrected chi connectivity index (χ3v) is 4.46. The Morgan fingerprint density at radius 1 is 1.32 bits per heavy atom. The number of hydrogen-bond donors (Lipinski definition) is 3. The number of nitrogens with zero attached hydrogens (tertiary/aromatic N) is 1. The summed E-state index contributed by atoms with van der Waals surface area (Å²) in [5.74, 6) is 0.213. The van der Waals surface area contributed by atoms with Crippen molar-refractivity contribution in [1.82, 2.24) is 5.06 Å². The number of benzene rings is 1. The minimum Gasteiger partial charge on any atom is -0.508 e. The maximum Gasteiger partial charge on any atom is 0.338 e. The zero-order chi connectivity index (χ0) is 13.8. The molecule has 100 valence electrons. The number of amides is 2. The molecule has 0 atom stereocenters. The summed E-state index contributed by atoms with van der Waals surface area (Å²) >= 11 is 2.93. The number of nitrogens with two attached hydrogens (primary N) is 1. The first-order chi connectivity index (χ1) is 9.06. The molecular formula is C12H12N2O3S2. The van der Waals surface area contributed by atoms with Crippen molar-refractivity contribution in [2.75, 3.05) is 0 Å². The molecular weight excluding hydrogens is 284 g/mol. The monoisotopic (exact) mass is 296 g/mol. The number of thiophene rings is 1. The van der Waals surface area contributed by atoms with Gasteiger partial charge in [0.25, 0.3) is 0 Å². The fourth-order valence-electron chi connectivity index (χ4n) is 1.39. The molecule has 1 aromatic carbocycles. The zero-order valence-electron chi connectivity index (χ0n) is 9.81. The summed E-state index contributed by atoms with van der Waals surface area (Å²) in [7, 11) is 0. The summed E-state index contributed by atoms with van der Waals surface area (Å²) < 4.78 is 0. The van der Waals surface area contributed by atoms with E-state index in [1.165, 1.54) is 23.1 Å². The van der Waals surface area contributed by atoms with E-state index in [1.54, 1.807) is 24.3 Å². The van der Waals surface area contributed by atoms with Crippen LogP contribution >= 0.6 is 23.1 Å². The maximum atomic E-state index is 10.8. The van der Waals surface area contributed by atoms with Gasteiger partial charge in [0.2, 0.25) is 0 Å². The summed E-state index contributed by atoms with van der Waals surface area (Å²) in [5, 5.41) is 20.9. The Bertz CT molecular complexity index is 569. The van der Waals surface area contributed by atoms with Crippen molar-refractivity contribution in [3.8, 4) is 5.75 Å². The standard InChI is InChI=1S/C12H12N2O3S2/c13-12(16)14(17)7-11-10(5-6-18-11)19-9-3-1-8(15)2-4-9/h1-6,15,17H,7H2,(H2,13,16). The van der Waals surface area contributed by atoms with Crippen molar-refractivity contribution in [2.24, 2.45) is 5.73 Å². The molecule has 0 aliphatic rings. The normalized spacial score (nSPS) is 10.4. The summed E-state index contributed by atoms with van der Waals surface area (Å²) in [6, 6.07) is 7.84. The molecule has 0 saturated carbocycles. The Kier molecular flexibility index (Phi) is 4.31. The van der Waals surface area contributed by atoms with Crippen molar-refractivity contribution < 1.29 is 15.1 Å². The fraction of sp³-hybridized carbons (Fsp3) is 0.0833. The number of urea groups is 1. The van der Waals surface area contributed by atoms with Crippen LogP contribution in [0.5, 0.6) is 5.75 Å². The first-order valence-electron chi connectivity index (χ1n) is 5.35. The highest BCUT2D eigenvalue weighted by Crippen LogP contribution is 2.34. The number of aromatic hydroxyl groups is 1. The van der Waals surface area contributed by atoms with E-state index in [2.05, 4.69) is 0 Å². The fourth-order valence-corrected chi connectivity index (χ4v) is 3.34. The van der Waals surface area contributed by atoms with Gasteiger partial charge >= 0.3 is 6.03 Å². The molecule has 0 fully saturated rings. The number of carbonyl (C=O) groups is 1. The van der Waals surface area contributed by atoms with Gasteiger partial charge in [0.15, 0.2) is 0 Å². The Labute approximate surface area is 118 Å². The second kappa shape index (κ2) is 5.96. The van der Waals surface area contributed by atoms with Gasteiger partial charge in [0.1, 0.15) is 5.75 Å². The number of rotatable bonds is 4. The SMILES string of the molecule is NC(=O)N(O)Cc1sccc1Sc1ccc(O)cc1. The van der Waals surface area contributed by atoms with Crippen LogP contribution in [0.25, 0.3) is 0 Å². The Morgan fingerprint density at radius 3 is 2.63 bits per heavy atom. The average Bonchev–Trinajstić information content (AvgIpc) is 2.79. The molecule has 0 aliphatic carbocycles.